The van der Waals surface area contributed by atoms with Crippen LogP contribution in [0.2, 0.25) is 0 Å². The van der Waals surface area contributed by atoms with E-state index in [-0.39, 0.29) is 0 Å². The van der Waals surface area contributed by atoms with Crippen molar-refractivity contribution in [1.29, 1.82) is 0 Å². The van der Waals surface area contributed by atoms with E-state index < -0.39 is 0 Å². The summed E-state index contributed by atoms with van der Waals surface area (Å²) < 4.78 is 4.77. The van der Waals surface area contributed by atoms with Crippen LogP contribution in [0, 0.1) is 0 Å². The average Bonchev–Trinajstić information content (AvgIpc) is 3.88. The maximum absolute atomic E-state index is 5.07. The number of hydrogen-bond donors (Lipinski definition) is 0. The Bertz CT molecular complexity index is 3890. The molecule has 10 aromatic carbocycles. The molecule has 0 N–H and O–H groups in total. The minimum absolute atomic E-state index is 0.627. The maximum atomic E-state index is 5.07. The quantitative estimate of drug-likeness (QED) is 0.157. The molecule has 3 aromatic heterocycles. The van der Waals surface area contributed by atoms with Gasteiger partial charge in [-0.1, -0.05) is 158 Å². The average molecular weight is 816 g/mol. The highest BCUT2D eigenvalue weighted by molar-refractivity contribution is 6.21. The van der Waals surface area contributed by atoms with E-state index in [0.717, 1.165) is 39.1 Å². The zero-order chi connectivity index (χ0) is 42.1. The molecule has 0 radical (unpaired) electrons. The summed E-state index contributed by atoms with van der Waals surface area (Å²) in [5.41, 5.74) is 12.1. The van der Waals surface area contributed by atoms with E-state index in [1.807, 2.05) is 60.7 Å². The Kier molecular flexibility index (Phi) is 8.15. The zero-order valence-corrected chi connectivity index (χ0v) is 34.6. The first kappa shape index (κ1) is 36.0. The zero-order valence-electron chi connectivity index (χ0n) is 34.6. The summed E-state index contributed by atoms with van der Waals surface area (Å²) in [5, 5.41) is 9.76. The van der Waals surface area contributed by atoms with Crippen LogP contribution in [0.4, 0.5) is 0 Å². The monoisotopic (exact) mass is 815 g/mol. The van der Waals surface area contributed by atoms with Gasteiger partial charge in [0, 0.05) is 49.6 Å². The van der Waals surface area contributed by atoms with Crippen molar-refractivity contribution >= 4 is 65.2 Å². The van der Waals surface area contributed by atoms with Crippen molar-refractivity contribution in [2.75, 3.05) is 0 Å². The van der Waals surface area contributed by atoms with Crippen molar-refractivity contribution in [1.82, 2.24) is 24.1 Å². The molecule has 0 saturated carbocycles. The molecule has 298 valence electrons. The summed E-state index contributed by atoms with van der Waals surface area (Å²) in [4.78, 5) is 15.1. The summed E-state index contributed by atoms with van der Waals surface area (Å²) in [6, 6.07) is 80.0. The van der Waals surface area contributed by atoms with Crippen LogP contribution in [-0.4, -0.2) is 24.1 Å². The highest BCUT2D eigenvalue weighted by Crippen LogP contribution is 2.42. The second kappa shape index (κ2) is 14.5. The first-order valence-corrected chi connectivity index (χ1v) is 21.7. The van der Waals surface area contributed by atoms with Crippen LogP contribution in [0.5, 0.6) is 0 Å². The van der Waals surface area contributed by atoms with Crippen molar-refractivity contribution in [3.8, 4) is 56.7 Å². The molecule has 13 rings (SSSR count). The fraction of sp³-hybridized carbons (Fsp3) is 0. The van der Waals surface area contributed by atoms with Gasteiger partial charge in [0.05, 0.1) is 22.1 Å². The summed E-state index contributed by atoms with van der Waals surface area (Å²) in [7, 11) is 0. The van der Waals surface area contributed by atoms with E-state index in [0.29, 0.717) is 17.5 Å². The van der Waals surface area contributed by atoms with Gasteiger partial charge in [0.15, 0.2) is 17.5 Å². The third-order valence-electron chi connectivity index (χ3n) is 12.7. The fourth-order valence-corrected chi connectivity index (χ4v) is 9.81. The SMILES string of the molecule is c1ccc(-c2nc(-c3ccccc3)nc(-c3cccc(-n4c5ccccc5c5cc6cc(-c7ccc8c(c7)c7ccccc7n8-c7ccccc7)c7ccccc7c6cc54)c3)n2)cc1. The third kappa shape index (κ3) is 5.75. The summed E-state index contributed by atoms with van der Waals surface area (Å²) >= 11 is 0. The van der Waals surface area contributed by atoms with E-state index in [1.54, 1.807) is 0 Å². The summed E-state index contributed by atoms with van der Waals surface area (Å²) in [6.45, 7) is 0. The molecular formula is C59H37N5. The molecule has 64 heavy (non-hydrogen) atoms. The third-order valence-corrected chi connectivity index (χ3v) is 12.7. The standard InChI is InChI=1S/C59H37N5/c1-4-17-38(18-5-1)57-60-58(39-19-6-2-7-20-39)62-59(61-57)41-21-16-24-44(33-41)64-54-30-15-13-28-48(54)52-36-42-35-49(45-25-10-11-26-46(45)50(42)37-56(52)64)40-31-32-55-51(34-40)47-27-12-14-29-53(47)63(55)43-22-8-3-9-23-43/h1-37H. The van der Waals surface area contributed by atoms with Crippen LogP contribution in [0.15, 0.2) is 224 Å². The molecule has 0 unspecified atom stereocenters. The topological polar surface area (TPSA) is 48.5 Å². The van der Waals surface area contributed by atoms with Crippen LogP contribution in [0.25, 0.3) is 122 Å². The second-order valence-corrected chi connectivity index (χ2v) is 16.4. The highest BCUT2D eigenvalue weighted by Gasteiger charge is 2.19. The van der Waals surface area contributed by atoms with E-state index in [4.69, 9.17) is 15.0 Å². The van der Waals surface area contributed by atoms with Crippen LogP contribution in [-0.2, 0) is 0 Å². The van der Waals surface area contributed by atoms with Gasteiger partial charge in [0.25, 0.3) is 0 Å². The van der Waals surface area contributed by atoms with Crippen LogP contribution in [0.3, 0.4) is 0 Å². The molecule has 0 aliphatic rings. The Morgan fingerprint density at radius 3 is 1.39 bits per heavy atom. The lowest BCUT2D eigenvalue weighted by atomic mass is 9.92. The van der Waals surface area contributed by atoms with E-state index in [2.05, 4.69) is 173 Å². The molecule has 3 heterocycles. The molecule has 0 aliphatic carbocycles. The molecule has 0 spiro atoms. The Labute approximate surface area is 368 Å². The van der Waals surface area contributed by atoms with Gasteiger partial charge in [-0.3, -0.25) is 0 Å². The van der Waals surface area contributed by atoms with E-state index in [1.165, 1.54) is 65.3 Å². The van der Waals surface area contributed by atoms with Crippen LogP contribution in [0.1, 0.15) is 0 Å². The number of rotatable bonds is 6. The van der Waals surface area contributed by atoms with E-state index >= 15 is 0 Å². The van der Waals surface area contributed by atoms with Crippen molar-refractivity contribution in [2.45, 2.75) is 0 Å². The highest BCUT2D eigenvalue weighted by atomic mass is 15.0. The van der Waals surface area contributed by atoms with Crippen LogP contribution < -0.4 is 0 Å². The minimum atomic E-state index is 0.627. The molecule has 0 saturated heterocycles. The Morgan fingerprint density at radius 2 is 0.734 bits per heavy atom. The molecule has 0 atom stereocenters. The van der Waals surface area contributed by atoms with E-state index in [9.17, 15) is 0 Å². The van der Waals surface area contributed by atoms with Crippen molar-refractivity contribution in [2.24, 2.45) is 0 Å². The van der Waals surface area contributed by atoms with Gasteiger partial charge < -0.3 is 9.13 Å². The number of aromatic nitrogens is 5. The van der Waals surface area contributed by atoms with Crippen molar-refractivity contribution in [3.05, 3.63) is 224 Å². The van der Waals surface area contributed by atoms with Gasteiger partial charge >= 0.3 is 0 Å². The summed E-state index contributed by atoms with van der Waals surface area (Å²) in [6.07, 6.45) is 0. The number of benzene rings is 10. The van der Waals surface area contributed by atoms with Gasteiger partial charge in [-0.2, -0.15) is 0 Å². The molecule has 0 aliphatic heterocycles. The lowest BCUT2D eigenvalue weighted by Crippen LogP contribution is -2.01. The minimum Gasteiger partial charge on any atom is -0.309 e. The lowest BCUT2D eigenvalue weighted by Gasteiger charge is -2.14. The number of para-hydroxylation sites is 3. The lowest BCUT2D eigenvalue weighted by molar-refractivity contribution is 1.07. The fourth-order valence-electron chi connectivity index (χ4n) is 9.81. The number of fused-ring (bicyclic) bond motifs is 9. The predicted molar refractivity (Wildman–Crippen MR) is 265 cm³/mol. The first-order chi connectivity index (χ1) is 31.7. The summed E-state index contributed by atoms with van der Waals surface area (Å²) in [5.74, 6) is 1.91. The second-order valence-electron chi connectivity index (χ2n) is 16.4. The largest absolute Gasteiger partial charge is 0.309 e. The molecular weight excluding hydrogens is 779 g/mol. The first-order valence-electron chi connectivity index (χ1n) is 21.7. The maximum Gasteiger partial charge on any atom is 0.164 e. The Morgan fingerprint density at radius 1 is 0.250 bits per heavy atom. The smallest absolute Gasteiger partial charge is 0.164 e. The normalized spacial score (nSPS) is 11.8. The van der Waals surface area contributed by atoms with Gasteiger partial charge in [0.1, 0.15) is 0 Å². The molecule has 0 amide bonds. The number of hydrogen-bond acceptors (Lipinski definition) is 3. The van der Waals surface area contributed by atoms with Crippen molar-refractivity contribution in [3.63, 3.8) is 0 Å². The van der Waals surface area contributed by atoms with Gasteiger partial charge in [-0.25, -0.2) is 15.0 Å². The molecule has 0 bridgehead atoms. The number of nitrogens with zero attached hydrogens (tertiary/aromatic N) is 5. The van der Waals surface area contributed by atoms with Gasteiger partial charge in [-0.15, -0.1) is 0 Å². The van der Waals surface area contributed by atoms with Crippen molar-refractivity contribution < 1.29 is 0 Å². The Hall–Kier alpha value is -8.67. The molecule has 13 aromatic rings. The van der Waals surface area contributed by atoms with Crippen LogP contribution >= 0.6 is 0 Å². The van der Waals surface area contributed by atoms with Gasteiger partial charge in [-0.05, 0) is 99.4 Å². The van der Waals surface area contributed by atoms with Gasteiger partial charge in [0.2, 0.25) is 0 Å². The molecule has 0 fully saturated rings. The molecule has 5 nitrogen and oxygen atoms in total. The molecule has 5 heteroatoms. The predicted octanol–water partition coefficient (Wildman–Crippen LogP) is 15.0. The Balaban J connectivity index is 0.998.